The fourth-order valence-electron chi connectivity index (χ4n) is 2.59. The average Bonchev–Trinajstić information content (AvgIpc) is 2.58. The molecule has 0 aliphatic heterocycles. The van der Waals surface area contributed by atoms with E-state index in [9.17, 15) is 5.11 Å². The Hall–Kier alpha value is 0.336. The Labute approximate surface area is 203 Å². The monoisotopic (exact) mass is 382 g/mol. The smallest absolute Gasteiger partial charge is 0.853 e. The van der Waals surface area contributed by atoms with Crippen molar-refractivity contribution in [2.75, 3.05) is 19.8 Å². The van der Waals surface area contributed by atoms with Gasteiger partial charge in [-0.2, -0.15) is 0 Å². The number of hydrogen-bond donors (Lipinski definition) is 0. The first-order valence-corrected chi connectivity index (χ1v) is 9.79. The second-order valence-electron chi connectivity index (χ2n) is 7.74. The van der Waals surface area contributed by atoms with Crippen LogP contribution in [-0.2, 0) is 11.2 Å². The van der Waals surface area contributed by atoms with E-state index in [1.165, 1.54) is 44.1 Å². The number of hydrogen-bond acceptors (Lipinski definition) is 2. The molecular weight excluding hydrogens is 347 g/mol. The van der Waals surface area contributed by atoms with Gasteiger partial charge in [-0.15, -0.1) is 6.61 Å². The molecule has 0 fully saturated rings. The molecule has 1 aromatic rings. The topological polar surface area (TPSA) is 32.3 Å². The van der Waals surface area contributed by atoms with E-state index < -0.39 is 0 Å². The van der Waals surface area contributed by atoms with Crippen LogP contribution in [0.5, 0.6) is 0 Å². The minimum atomic E-state index is -0.118. The van der Waals surface area contributed by atoms with Crippen LogP contribution in [0.3, 0.4) is 0 Å². The van der Waals surface area contributed by atoms with E-state index in [2.05, 4.69) is 56.9 Å². The largest absolute Gasteiger partial charge is 1.00 e. The van der Waals surface area contributed by atoms with Crippen LogP contribution in [0.1, 0.15) is 76.8 Å². The van der Waals surface area contributed by atoms with Gasteiger partial charge in [0, 0.05) is 24.2 Å². The Balaban J connectivity index is 0.00000625. The molecule has 0 heterocycles. The van der Waals surface area contributed by atoms with Gasteiger partial charge in [0.2, 0.25) is 0 Å². The molecule has 0 N–H and O–H groups in total. The Morgan fingerprint density at radius 2 is 1.42 bits per heavy atom. The normalized spacial score (nSPS) is 10.8. The summed E-state index contributed by atoms with van der Waals surface area (Å²) in [6.45, 7) is 7.40. The maximum atomic E-state index is 10.2. The van der Waals surface area contributed by atoms with Gasteiger partial charge >= 0.3 is 51.4 Å². The Morgan fingerprint density at radius 1 is 0.846 bits per heavy atom. The molecule has 0 aliphatic rings. The zero-order chi connectivity index (χ0) is 18.4. The molecule has 0 aromatic heterocycles. The van der Waals surface area contributed by atoms with E-state index in [1.807, 2.05) is 0 Å². The first-order chi connectivity index (χ1) is 12.0. The first-order valence-electron chi connectivity index (χ1n) is 9.79. The summed E-state index contributed by atoms with van der Waals surface area (Å²) in [5.41, 5.74) is 2.58. The van der Waals surface area contributed by atoms with E-state index in [0.29, 0.717) is 6.61 Å². The van der Waals surface area contributed by atoms with Crippen molar-refractivity contribution in [1.82, 2.24) is 0 Å². The van der Waals surface area contributed by atoms with Gasteiger partial charge in [-0.1, -0.05) is 56.1 Å². The Kier molecular flexibility index (Phi) is 16.5. The van der Waals surface area contributed by atoms with Crippen molar-refractivity contribution >= 4 is 0 Å². The molecule has 140 valence electrons. The third kappa shape index (κ3) is 15.4. The summed E-state index contributed by atoms with van der Waals surface area (Å²) in [5.74, 6) is 6.53. The molecule has 0 spiro atoms. The second kappa shape index (κ2) is 16.3. The molecule has 0 bridgehead atoms. The van der Waals surface area contributed by atoms with Gasteiger partial charge in [0.05, 0.1) is 0 Å². The number of benzene rings is 1. The SMILES string of the molecule is CC(C)(C)C#Cc1ccc(CCCCCCCCCOCC[O-])cc1.[K+]. The van der Waals surface area contributed by atoms with Gasteiger partial charge in [0.15, 0.2) is 0 Å². The van der Waals surface area contributed by atoms with Gasteiger partial charge in [-0.25, -0.2) is 0 Å². The van der Waals surface area contributed by atoms with Gasteiger partial charge in [0.1, 0.15) is 0 Å². The molecule has 2 nitrogen and oxygen atoms in total. The predicted molar refractivity (Wildman–Crippen MR) is 104 cm³/mol. The van der Waals surface area contributed by atoms with Crippen molar-refractivity contribution in [3.05, 3.63) is 35.4 Å². The standard InChI is InChI=1S/C23H35O2.K/c1-23(2,3)17-16-22-14-12-21(13-15-22)11-9-7-5-4-6-8-10-19-25-20-18-24;/h12-15H,4-11,18-20H2,1-3H3;/q-1;+1. The molecule has 0 unspecified atom stereocenters. The van der Waals surface area contributed by atoms with Crippen LogP contribution in [0.15, 0.2) is 24.3 Å². The van der Waals surface area contributed by atoms with E-state index >= 15 is 0 Å². The molecule has 0 amide bonds. The minimum absolute atomic E-state index is 0. The summed E-state index contributed by atoms with van der Waals surface area (Å²) in [4.78, 5) is 0. The van der Waals surface area contributed by atoms with E-state index in [1.54, 1.807) is 0 Å². The van der Waals surface area contributed by atoms with Gasteiger partial charge in [-0.3, -0.25) is 0 Å². The van der Waals surface area contributed by atoms with E-state index in [4.69, 9.17) is 4.74 Å². The van der Waals surface area contributed by atoms with E-state index in [-0.39, 0.29) is 63.4 Å². The molecule has 1 rings (SSSR count). The second-order valence-corrected chi connectivity index (χ2v) is 7.74. The molecule has 3 heteroatoms. The molecule has 0 radical (unpaired) electrons. The Bertz CT molecular complexity index is 506. The summed E-state index contributed by atoms with van der Waals surface area (Å²) in [6.07, 6.45) is 9.94. The summed E-state index contributed by atoms with van der Waals surface area (Å²) >= 11 is 0. The van der Waals surface area contributed by atoms with Crippen molar-refractivity contribution in [2.45, 2.75) is 72.1 Å². The third-order valence-electron chi connectivity index (χ3n) is 4.02. The van der Waals surface area contributed by atoms with Crippen molar-refractivity contribution in [2.24, 2.45) is 5.41 Å². The van der Waals surface area contributed by atoms with Gasteiger partial charge in [-0.05, 0) is 57.7 Å². The number of unbranched alkanes of at least 4 members (excludes halogenated alkanes) is 6. The zero-order valence-electron chi connectivity index (χ0n) is 17.4. The maximum Gasteiger partial charge on any atom is 1.00 e. The summed E-state index contributed by atoms with van der Waals surface area (Å²) in [6, 6.07) is 8.72. The molecule has 1 aromatic carbocycles. The number of ether oxygens (including phenoxy) is 1. The van der Waals surface area contributed by atoms with E-state index in [0.717, 1.165) is 25.0 Å². The van der Waals surface area contributed by atoms with Crippen LogP contribution in [0, 0.1) is 17.3 Å². The van der Waals surface area contributed by atoms with Crippen LogP contribution < -0.4 is 56.5 Å². The molecular formula is C23H35KO2. The van der Waals surface area contributed by atoms with Crippen molar-refractivity contribution in [1.29, 1.82) is 0 Å². The van der Waals surface area contributed by atoms with Crippen molar-refractivity contribution < 1.29 is 61.2 Å². The molecule has 0 aliphatic carbocycles. The minimum Gasteiger partial charge on any atom is -0.853 e. The third-order valence-corrected chi connectivity index (χ3v) is 4.02. The summed E-state index contributed by atoms with van der Waals surface area (Å²) < 4.78 is 5.20. The molecule has 0 saturated heterocycles. The zero-order valence-corrected chi connectivity index (χ0v) is 20.5. The summed E-state index contributed by atoms with van der Waals surface area (Å²) in [5, 5.41) is 10.2. The number of rotatable bonds is 12. The average molecular weight is 383 g/mol. The van der Waals surface area contributed by atoms with Crippen LogP contribution in [0.2, 0.25) is 0 Å². The van der Waals surface area contributed by atoms with Crippen LogP contribution in [0.4, 0.5) is 0 Å². The predicted octanol–water partition coefficient (Wildman–Crippen LogP) is 1.74. The molecule has 26 heavy (non-hydrogen) atoms. The Morgan fingerprint density at radius 3 is 2.00 bits per heavy atom. The van der Waals surface area contributed by atoms with Gasteiger partial charge < -0.3 is 9.84 Å². The molecule has 0 saturated carbocycles. The van der Waals surface area contributed by atoms with Crippen molar-refractivity contribution in [3.8, 4) is 11.8 Å². The van der Waals surface area contributed by atoms with Crippen LogP contribution in [0.25, 0.3) is 0 Å². The van der Waals surface area contributed by atoms with Crippen LogP contribution >= 0.6 is 0 Å². The quantitative estimate of drug-likeness (QED) is 0.313. The fourth-order valence-corrected chi connectivity index (χ4v) is 2.59. The maximum absolute atomic E-state index is 10.2. The number of aryl methyl sites for hydroxylation is 1. The summed E-state index contributed by atoms with van der Waals surface area (Å²) in [7, 11) is 0. The first kappa shape index (κ1) is 26.3. The fraction of sp³-hybridized carbons (Fsp3) is 0.652. The van der Waals surface area contributed by atoms with Crippen molar-refractivity contribution in [3.63, 3.8) is 0 Å². The van der Waals surface area contributed by atoms with Crippen LogP contribution in [-0.4, -0.2) is 19.8 Å². The molecule has 0 atom stereocenters. The van der Waals surface area contributed by atoms with Gasteiger partial charge in [0.25, 0.3) is 0 Å².